The van der Waals surface area contributed by atoms with Gasteiger partial charge >= 0.3 is 0 Å². The Hall–Kier alpha value is 0.200. The molecule has 72 valence electrons. The molecule has 0 saturated carbocycles. The zero-order valence-corrected chi connectivity index (χ0v) is 9.59. The van der Waals surface area contributed by atoms with Gasteiger partial charge in [-0.15, -0.1) is 21.8 Å². The van der Waals surface area contributed by atoms with Gasteiger partial charge in [0.25, 0.3) is 0 Å². The summed E-state index contributed by atoms with van der Waals surface area (Å²) in [5, 5.41) is 10.9. The summed E-state index contributed by atoms with van der Waals surface area (Å²) in [7, 11) is 0. The monoisotopic (exact) mass is 234 g/mol. The minimum absolute atomic E-state index is 0.495. The number of halogens is 1. The maximum Gasteiger partial charge on any atom is 0.132 e. The number of hydrogen-bond acceptors (Lipinski definition) is 4. The summed E-state index contributed by atoms with van der Waals surface area (Å²) < 4.78 is 0. The van der Waals surface area contributed by atoms with Crippen molar-refractivity contribution in [2.24, 2.45) is 0 Å². The molecule has 2 nitrogen and oxygen atoms in total. The Labute approximate surface area is 91.1 Å². The molecule has 1 aromatic heterocycles. The molecular weight excluding hydrogens is 224 g/mol. The van der Waals surface area contributed by atoms with Crippen molar-refractivity contribution in [2.75, 3.05) is 5.75 Å². The lowest BCUT2D eigenvalue weighted by atomic mass is 10.2. The lowest BCUT2D eigenvalue weighted by Crippen LogP contribution is -2.01. The van der Waals surface area contributed by atoms with Gasteiger partial charge in [0.1, 0.15) is 10.0 Å². The second-order valence-corrected chi connectivity index (χ2v) is 5.69. The fourth-order valence-electron chi connectivity index (χ4n) is 1.39. The van der Waals surface area contributed by atoms with Crippen LogP contribution in [0.15, 0.2) is 0 Å². The van der Waals surface area contributed by atoms with Gasteiger partial charge in [-0.25, -0.2) is 0 Å². The van der Waals surface area contributed by atoms with Crippen LogP contribution in [0.5, 0.6) is 0 Å². The van der Waals surface area contributed by atoms with Crippen LogP contribution in [0.2, 0.25) is 0 Å². The highest BCUT2D eigenvalue weighted by atomic mass is 35.5. The summed E-state index contributed by atoms with van der Waals surface area (Å²) in [4.78, 5) is 0. The summed E-state index contributed by atoms with van der Waals surface area (Å²) >= 11 is 9.35. The average molecular weight is 235 g/mol. The number of alkyl halides is 1. The van der Waals surface area contributed by atoms with E-state index in [1.54, 1.807) is 11.3 Å². The zero-order valence-electron chi connectivity index (χ0n) is 7.20. The minimum Gasteiger partial charge on any atom is -0.151 e. The van der Waals surface area contributed by atoms with Crippen LogP contribution in [0.25, 0.3) is 0 Å². The predicted molar refractivity (Wildman–Crippen MR) is 58.5 cm³/mol. The lowest BCUT2D eigenvalue weighted by Gasteiger charge is -2.17. The van der Waals surface area contributed by atoms with Crippen molar-refractivity contribution in [1.29, 1.82) is 0 Å². The van der Waals surface area contributed by atoms with Crippen LogP contribution in [-0.2, 0) is 5.88 Å². The SMILES string of the molecule is ClCc1nnc(C2CCCCS2)s1. The Morgan fingerprint density at radius 1 is 1.38 bits per heavy atom. The van der Waals surface area contributed by atoms with Gasteiger partial charge < -0.3 is 0 Å². The highest BCUT2D eigenvalue weighted by Gasteiger charge is 2.19. The molecule has 0 radical (unpaired) electrons. The quantitative estimate of drug-likeness (QED) is 0.735. The van der Waals surface area contributed by atoms with E-state index in [1.807, 2.05) is 11.8 Å². The molecule has 0 aromatic carbocycles. The Kier molecular flexibility index (Phi) is 3.46. The maximum absolute atomic E-state index is 5.68. The molecule has 1 aliphatic rings. The van der Waals surface area contributed by atoms with Crippen molar-refractivity contribution in [3.8, 4) is 0 Å². The van der Waals surface area contributed by atoms with Crippen molar-refractivity contribution >= 4 is 34.7 Å². The van der Waals surface area contributed by atoms with E-state index in [0.717, 1.165) is 5.01 Å². The van der Waals surface area contributed by atoms with E-state index in [-0.39, 0.29) is 0 Å². The Balaban J connectivity index is 2.05. The predicted octanol–water partition coefficient (Wildman–Crippen LogP) is 3.24. The summed E-state index contributed by atoms with van der Waals surface area (Å²) in [5.41, 5.74) is 0. The minimum atomic E-state index is 0.495. The average Bonchev–Trinajstić information content (AvgIpc) is 2.67. The van der Waals surface area contributed by atoms with Crippen molar-refractivity contribution in [1.82, 2.24) is 10.2 Å². The van der Waals surface area contributed by atoms with Crippen molar-refractivity contribution < 1.29 is 0 Å². The van der Waals surface area contributed by atoms with E-state index in [4.69, 9.17) is 11.6 Å². The molecule has 5 heteroatoms. The van der Waals surface area contributed by atoms with Gasteiger partial charge in [-0.05, 0) is 18.6 Å². The third kappa shape index (κ3) is 2.36. The van der Waals surface area contributed by atoms with Crippen LogP contribution in [-0.4, -0.2) is 16.0 Å². The van der Waals surface area contributed by atoms with Gasteiger partial charge in [0, 0.05) is 0 Å². The molecule has 0 spiro atoms. The van der Waals surface area contributed by atoms with Gasteiger partial charge in [-0.3, -0.25) is 0 Å². The molecule has 2 heterocycles. The van der Waals surface area contributed by atoms with Gasteiger partial charge in [0.2, 0.25) is 0 Å². The fourth-order valence-corrected chi connectivity index (χ4v) is 3.84. The topological polar surface area (TPSA) is 25.8 Å². The normalized spacial score (nSPS) is 23.3. The van der Waals surface area contributed by atoms with E-state index in [9.17, 15) is 0 Å². The Morgan fingerprint density at radius 3 is 2.92 bits per heavy atom. The molecule has 1 aromatic rings. The zero-order chi connectivity index (χ0) is 9.10. The van der Waals surface area contributed by atoms with E-state index in [2.05, 4.69) is 10.2 Å². The Morgan fingerprint density at radius 2 is 2.31 bits per heavy atom. The number of thioether (sulfide) groups is 1. The van der Waals surface area contributed by atoms with Crippen molar-refractivity contribution in [3.63, 3.8) is 0 Å². The molecule has 1 aliphatic heterocycles. The standard InChI is InChI=1S/C8H11ClN2S2/c9-5-7-10-11-8(13-7)6-3-1-2-4-12-6/h6H,1-5H2. The molecule has 0 bridgehead atoms. The molecule has 1 atom stereocenters. The van der Waals surface area contributed by atoms with E-state index >= 15 is 0 Å². The maximum atomic E-state index is 5.68. The first kappa shape index (κ1) is 9.74. The first-order chi connectivity index (χ1) is 6.40. The summed E-state index contributed by atoms with van der Waals surface area (Å²) in [6.07, 6.45) is 3.93. The van der Waals surface area contributed by atoms with Gasteiger partial charge in [0.05, 0.1) is 11.1 Å². The Bertz CT molecular complexity index is 271. The van der Waals surface area contributed by atoms with Crippen LogP contribution in [0.1, 0.15) is 34.5 Å². The van der Waals surface area contributed by atoms with Crippen LogP contribution < -0.4 is 0 Å². The number of rotatable bonds is 2. The molecule has 0 aliphatic carbocycles. The number of aromatic nitrogens is 2. The third-order valence-corrected chi connectivity index (χ3v) is 5.04. The molecule has 2 rings (SSSR count). The second-order valence-electron chi connectivity index (χ2n) is 3.02. The highest BCUT2D eigenvalue weighted by molar-refractivity contribution is 7.99. The molecule has 1 fully saturated rings. The third-order valence-electron chi connectivity index (χ3n) is 2.05. The summed E-state index contributed by atoms with van der Waals surface area (Å²) in [6.45, 7) is 0. The summed E-state index contributed by atoms with van der Waals surface area (Å²) in [6, 6.07) is 0. The van der Waals surface area contributed by atoms with Crippen LogP contribution in [0, 0.1) is 0 Å². The van der Waals surface area contributed by atoms with Crippen LogP contribution in [0.3, 0.4) is 0 Å². The smallest absolute Gasteiger partial charge is 0.132 e. The number of nitrogens with zero attached hydrogens (tertiary/aromatic N) is 2. The van der Waals surface area contributed by atoms with Gasteiger partial charge in [-0.2, -0.15) is 11.8 Å². The van der Waals surface area contributed by atoms with E-state index in [0.29, 0.717) is 11.1 Å². The number of hydrogen-bond donors (Lipinski definition) is 0. The highest BCUT2D eigenvalue weighted by Crippen LogP contribution is 2.39. The van der Waals surface area contributed by atoms with Crippen LogP contribution in [0.4, 0.5) is 0 Å². The molecular formula is C8H11ClN2S2. The largest absolute Gasteiger partial charge is 0.151 e. The van der Waals surface area contributed by atoms with Gasteiger partial charge in [-0.1, -0.05) is 17.8 Å². The summed E-state index contributed by atoms with van der Waals surface area (Å²) in [5.74, 6) is 1.76. The van der Waals surface area contributed by atoms with E-state index in [1.165, 1.54) is 30.0 Å². The molecule has 0 amide bonds. The second kappa shape index (κ2) is 4.62. The van der Waals surface area contributed by atoms with Crippen molar-refractivity contribution in [2.45, 2.75) is 30.4 Å². The fraction of sp³-hybridized carbons (Fsp3) is 0.750. The first-order valence-corrected chi connectivity index (χ1v) is 6.80. The molecule has 1 unspecified atom stereocenters. The van der Waals surface area contributed by atoms with Gasteiger partial charge in [0.15, 0.2) is 0 Å². The van der Waals surface area contributed by atoms with E-state index < -0.39 is 0 Å². The first-order valence-electron chi connectivity index (χ1n) is 4.40. The molecule has 1 saturated heterocycles. The van der Waals surface area contributed by atoms with Crippen LogP contribution >= 0.6 is 34.7 Å². The molecule has 0 N–H and O–H groups in total. The molecule has 13 heavy (non-hydrogen) atoms. The lowest BCUT2D eigenvalue weighted by molar-refractivity contribution is 0.679. The van der Waals surface area contributed by atoms with Crippen molar-refractivity contribution in [3.05, 3.63) is 10.0 Å².